The number of imidazole rings is 1. The molecule has 0 aliphatic carbocycles. The first-order valence-electron chi connectivity index (χ1n) is 8.42. The molecule has 2 aromatic rings. The molecule has 27 heteroatoms. The molecule has 37 heavy (non-hydrogen) atoms. The van der Waals surface area contributed by atoms with E-state index in [1.54, 1.807) is 0 Å². The van der Waals surface area contributed by atoms with Gasteiger partial charge in [-0.15, -0.1) is 0 Å². The number of ether oxygens (including phenoxy) is 1. The minimum absolute atomic E-state index is 0. The smallest absolute Gasteiger partial charge is 0.756 e. The molecule has 188 valence electrons. The standard InChI is InChI=1S/C10H15N8O13P3.3Na/c11-7-4-8(14-2-13-7)18(10(15-4)16-17-12)9-6(20)5(19)3(29-9)1-28-33(24,25)31-34(26,27)30-32(21,22)23;;;/h2-3,5-6,9,19-20H,1H2,(H,24,25)(H,26,27)(H2,11,13,14)(H2,21,22,23);;;/q;3*+1/p-3/t3-,5-,6-,9-;;;/m1.../s1. The SMILES string of the molecule is [N-]=[N+]=Nc1nc2c(N)ncnc2n1[C@@H]1O[C@H](COP(=O)([O-])OP(=O)([O-])OP(=O)([O-])O)[C@@H](O)[C@H]1O.[Na+].[Na+].[Na+]. The molecule has 1 aliphatic rings. The number of phosphoric acid groups is 3. The van der Waals surface area contributed by atoms with Crippen LogP contribution in [0.5, 0.6) is 0 Å². The van der Waals surface area contributed by atoms with Crippen LogP contribution in [0.25, 0.3) is 21.6 Å². The molecule has 0 spiro atoms. The Hall–Kier alpha value is 0.950. The van der Waals surface area contributed by atoms with Crippen molar-refractivity contribution in [1.82, 2.24) is 19.5 Å². The molecule has 1 fully saturated rings. The van der Waals surface area contributed by atoms with Crippen LogP contribution in [0, 0.1) is 0 Å². The first kappa shape index (κ1) is 38.0. The van der Waals surface area contributed by atoms with Crippen molar-refractivity contribution in [2.45, 2.75) is 24.5 Å². The average Bonchev–Trinajstić information content (AvgIpc) is 3.16. The fourth-order valence-electron chi connectivity index (χ4n) is 2.79. The van der Waals surface area contributed by atoms with Gasteiger partial charge in [0.1, 0.15) is 24.6 Å². The number of fused-ring (bicyclic) bond motifs is 1. The molecule has 7 atom stereocenters. The van der Waals surface area contributed by atoms with Gasteiger partial charge in [0.15, 0.2) is 23.2 Å². The predicted octanol–water partition coefficient (Wildman–Crippen LogP) is -11.6. The zero-order chi connectivity index (χ0) is 25.5. The summed E-state index contributed by atoms with van der Waals surface area (Å²) >= 11 is 0. The number of rotatable bonds is 9. The van der Waals surface area contributed by atoms with Gasteiger partial charge in [-0.2, -0.15) is 0 Å². The van der Waals surface area contributed by atoms with Crippen LogP contribution in [0.1, 0.15) is 6.23 Å². The zero-order valence-corrected chi connectivity index (χ0v) is 27.8. The number of hydrogen-bond donors (Lipinski definition) is 4. The Balaban J connectivity index is 0.00000432. The summed E-state index contributed by atoms with van der Waals surface area (Å²) in [5.41, 5.74) is 14.3. The quantitative estimate of drug-likeness (QED) is 0.0669. The van der Waals surface area contributed by atoms with Gasteiger partial charge in [-0.1, -0.05) is 0 Å². The van der Waals surface area contributed by atoms with E-state index in [0.29, 0.717) is 0 Å². The molecule has 3 rings (SSSR count). The molecular formula is C10H12N8Na3O13P3. The molecule has 1 aliphatic heterocycles. The third kappa shape index (κ3) is 9.78. The fourth-order valence-corrected chi connectivity index (χ4v) is 5.69. The molecule has 2 aromatic heterocycles. The summed E-state index contributed by atoms with van der Waals surface area (Å²) in [4.78, 5) is 55.8. The Morgan fingerprint density at radius 3 is 2.32 bits per heavy atom. The van der Waals surface area contributed by atoms with Crippen molar-refractivity contribution in [3.05, 3.63) is 16.8 Å². The van der Waals surface area contributed by atoms with Crippen molar-refractivity contribution in [1.29, 1.82) is 0 Å². The van der Waals surface area contributed by atoms with Gasteiger partial charge in [-0.05, 0) is 10.6 Å². The number of aliphatic hydroxyl groups is 2. The second-order valence-electron chi connectivity index (χ2n) is 6.27. The Labute approximate surface area is 272 Å². The zero-order valence-electron chi connectivity index (χ0n) is 19.1. The topological polar surface area (TPSA) is 336 Å². The maximum atomic E-state index is 11.7. The van der Waals surface area contributed by atoms with E-state index >= 15 is 0 Å². The molecular weight excluding hydrogens is 602 g/mol. The number of nitrogens with two attached hydrogens (primary N) is 1. The Morgan fingerprint density at radius 1 is 1.14 bits per heavy atom. The first-order valence-corrected chi connectivity index (χ1v) is 12.8. The fraction of sp³-hybridized carbons (Fsp3) is 0.500. The van der Waals surface area contributed by atoms with Gasteiger partial charge < -0.3 is 44.8 Å². The number of aromatic nitrogens is 4. The Kier molecular flexibility index (Phi) is 15.1. The number of phosphoric ester groups is 1. The van der Waals surface area contributed by atoms with Gasteiger partial charge >= 0.3 is 88.7 Å². The second kappa shape index (κ2) is 14.7. The summed E-state index contributed by atoms with van der Waals surface area (Å²) in [5.74, 6) is -0.555. The van der Waals surface area contributed by atoms with E-state index in [-0.39, 0.29) is 106 Å². The third-order valence-electron chi connectivity index (χ3n) is 4.01. The maximum absolute atomic E-state index is 11.7. The summed E-state index contributed by atoms with van der Waals surface area (Å²) in [6.07, 6.45) is -5.94. The molecule has 0 amide bonds. The normalized spacial score (nSPS) is 25.8. The second-order valence-corrected chi connectivity index (χ2v) is 10.6. The molecule has 5 N–H and O–H groups in total. The van der Waals surface area contributed by atoms with E-state index in [4.69, 9.17) is 20.9 Å². The molecule has 3 unspecified atom stereocenters. The van der Waals surface area contributed by atoms with Crippen molar-refractivity contribution in [3.63, 3.8) is 0 Å². The van der Waals surface area contributed by atoms with Gasteiger partial charge in [0.25, 0.3) is 23.5 Å². The van der Waals surface area contributed by atoms with Crippen LogP contribution in [-0.2, 0) is 31.6 Å². The number of nitrogen functional groups attached to an aromatic ring is 1. The predicted molar refractivity (Wildman–Crippen MR) is 97.6 cm³/mol. The number of aliphatic hydroxyl groups excluding tert-OH is 2. The van der Waals surface area contributed by atoms with Gasteiger partial charge in [-0.3, -0.25) is 18.3 Å². The summed E-state index contributed by atoms with van der Waals surface area (Å²) in [6.45, 7) is -1.16. The van der Waals surface area contributed by atoms with E-state index in [9.17, 15) is 38.6 Å². The van der Waals surface area contributed by atoms with Crippen LogP contribution in [0.2, 0.25) is 0 Å². The summed E-state index contributed by atoms with van der Waals surface area (Å²) in [6, 6.07) is 0. The van der Waals surface area contributed by atoms with Crippen molar-refractivity contribution in [2.75, 3.05) is 12.3 Å². The van der Waals surface area contributed by atoms with Crippen LogP contribution < -0.4 is 109 Å². The third-order valence-corrected chi connectivity index (χ3v) is 7.70. The van der Waals surface area contributed by atoms with Crippen molar-refractivity contribution in [3.8, 4) is 0 Å². The molecule has 3 heterocycles. The summed E-state index contributed by atoms with van der Waals surface area (Å²) in [7, 11) is -17.9. The molecule has 21 nitrogen and oxygen atoms in total. The van der Waals surface area contributed by atoms with Crippen LogP contribution in [0.4, 0.5) is 11.8 Å². The van der Waals surface area contributed by atoms with Gasteiger partial charge in [-0.25, -0.2) is 23.6 Å². The minimum Gasteiger partial charge on any atom is -0.756 e. The first-order chi connectivity index (χ1) is 15.6. The molecule has 0 aromatic carbocycles. The van der Waals surface area contributed by atoms with Crippen molar-refractivity contribution in [2.24, 2.45) is 5.11 Å². The van der Waals surface area contributed by atoms with Crippen molar-refractivity contribution < 1.29 is 150 Å². The van der Waals surface area contributed by atoms with E-state index in [2.05, 4.69) is 38.1 Å². The van der Waals surface area contributed by atoms with Gasteiger partial charge in [0, 0.05) is 4.91 Å². The maximum Gasteiger partial charge on any atom is 1.00 e. The average molecular weight is 614 g/mol. The summed E-state index contributed by atoms with van der Waals surface area (Å²) < 4.78 is 50.5. The van der Waals surface area contributed by atoms with Crippen LogP contribution >= 0.6 is 23.5 Å². The molecule has 0 saturated carbocycles. The molecule has 1 saturated heterocycles. The number of hydrogen-bond acceptors (Lipinski definition) is 17. The molecule has 0 radical (unpaired) electrons. The van der Waals surface area contributed by atoms with E-state index in [0.717, 1.165) is 10.9 Å². The van der Waals surface area contributed by atoms with Crippen LogP contribution in [0.3, 0.4) is 0 Å². The van der Waals surface area contributed by atoms with Crippen LogP contribution in [-0.4, -0.2) is 59.5 Å². The monoisotopic (exact) mass is 614 g/mol. The minimum atomic E-state index is -6.14. The number of anilines is 1. The summed E-state index contributed by atoms with van der Waals surface area (Å²) in [5, 5.41) is 23.9. The number of azide groups is 1. The number of nitrogens with zero attached hydrogens (tertiary/aromatic N) is 7. The van der Waals surface area contributed by atoms with Crippen molar-refractivity contribution >= 4 is 46.4 Å². The van der Waals surface area contributed by atoms with Gasteiger partial charge in [0.2, 0.25) is 5.95 Å². The largest absolute Gasteiger partial charge is 1.00 e. The van der Waals surface area contributed by atoms with Gasteiger partial charge in [0.05, 0.1) is 6.61 Å². The molecule has 0 bridgehead atoms. The van der Waals surface area contributed by atoms with Crippen LogP contribution in [0.15, 0.2) is 11.4 Å². The Morgan fingerprint density at radius 2 is 1.76 bits per heavy atom. The van der Waals surface area contributed by atoms with E-state index in [1.807, 2.05) is 0 Å². The van der Waals surface area contributed by atoms with E-state index < -0.39 is 60.6 Å². The van der Waals surface area contributed by atoms with E-state index in [1.165, 1.54) is 0 Å². The Bertz CT molecular complexity index is 1290.